The van der Waals surface area contributed by atoms with Crippen LogP contribution in [0, 0.1) is 29.6 Å². The van der Waals surface area contributed by atoms with Gasteiger partial charge in [-0.3, -0.25) is 9.59 Å². The molecular weight excluding hydrogens is 288 g/mol. The highest BCUT2D eigenvalue weighted by molar-refractivity contribution is 5.96. The second-order valence-corrected chi connectivity index (χ2v) is 8.33. The fourth-order valence-electron chi connectivity index (χ4n) is 5.67. The predicted molar refractivity (Wildman–Crippen MR) is 87.6 cm³/mol. The van der Waals surface area contributed by atoms with Crippen molar-refractivity contribution in [2.45, 2.75) is 70.3 Å². The molecule has 4 aliphatic rings. The Morgan fingerprint density at radius 2 is 1.61 bits per heavy atom. The summed E-state index contributed by atoms with van der Waals surface area (Å²) in [5.74, 6) is 0.705. The lowest BCUT2D eigenvalue weighted by molar-refractivity contribution is -0.178. The molecule has 0 heterocycles. The molecule has 0 aromatic rings. The number of carbonyl (C=O) groups excluding carboxylic acids is 2. The van der Waals surface area contributed by atoms with E-state index in [9.17, 15) is 9.59 Å². The molecule has 0 aromatic heterocycles. The number of fused-ring (bicyclic) bond motifs is 2. The molecule has 4 rings (SSSR count). The average Bonchev–Trinajstić information content (AvgIpc) is 3.33. The second-order valence-electron chi connectivity index (χ2n) is 8.33. The Kier molecular flexibility index (Phi) is 3.85. The van der Waals surface area contributed by atoms with Crippen LogP contribution in [0.2, 0.25) is 0 Å². The van der Waals surface area contributed by atoms with Crippen molar-refractivity contribution in [1.29, 1.82) is 0 Å². The maximum Gasteiger partial charge on any atom is 0.310 e. The van der Waals surface area contributed by atoms with Crippen LogP contribution in [0.3, 0.4) is 0 Å². The molecule has 0 amide bonds. The van der Waals surface area contributed by atoms with E-state index in [-0.39, 0.29) is 35.1 Å². The summed E-state index contributed by atoms with van der Waals surface area (Å²) >= 11 is 0. The van der Waals surface area contributed by atoms with Crippen molar-refractivity contribution in [3.63, 3.8) is 0 Å². The number of hydrogen-bond acceptors (Lipinski definition) is 3. The molecule has 3 atom stereocenters. The number of esters is 1. The average molecular weight is 316 g/mol. The van der Waals surface area contributed by atoms with Crippen LogP contribution in [0.4, 0.5) is 0 Å². The van der Waals surface area contributed by atoms with Crippen molar-refractivity contribution in [1.82, 2.24) is 0 Å². The van der Waals surface area contributed by atoms with Crippen LogP contribution in [0.25, 0.3) is 0 Å². The van der Waals surface area contributed by atoms with Gasteiger partial charge in [0.25, 0.3) is 0 Å². The van der Waals surface area contributed by atoms with Gasteiger partial charge in [-0.25, -0.2) is 0 Å². The van der Waals surface area contributed by atoms with E-state index in [1.54, 1.807) is 0 Å². The Bertz CT molecular complexity index is 507. The number of rotatable bonds is 4. The summed E-state index contributed by atoms with van der Waals surface area (Å²) in [6.45, 7) is 2.20. The number of carbonyl (C=O) groups is 2. The molecule has 3 unspecified atom stereocenters. The zero-order valence-electron chi connectivity index (χ0n) is 14.1. The Balaban J connectivity index is 1.52. The minimum Gasteiger partial charge on any atom is -0.459 e. The third-order valence-electron chi connectivity index (χ3n) is 7.14. The number of hydrogen-bond donors (Lipinski definition) is 0. The highest BCUT2D eigenvalue weighted by Gasteiger charge is 2.51. The molecule has 3 saturated carbocycles. The van der Waals surface area contributed by atoms with Crippen LogP contribution < -0.4 is 0 Å². The number of allylic oxidation sites excluding steroid dienone is 2. The van der Waals surface area contributed by atoms with E-state index in [1.807, 2.05) is 12.2 Å². The SMILES string of the molecule is CC(OC(=O)C1CC2C=CC1C2=O)(C1CCCC1)C1CCCC1. The second kappa shape index (κ2) is 5.75. The first kappa shape index (κ1) is 15.4. The number of Topliss-reactive ketones (excluding diaryl/α,β-unsaturated/α-hetero) is 1. The molecule has 2 bridgehead atoms. The first-order chi connectivity index (χ1) is 11.1. The van der Waals surface area contributed by atoms with Gasteiger partial charge in [-0.1, -0.05) is 37.8 Å². The van der Waals surface area contributed by atoms with Gasteiger partial charge in [0.15, 0.2) is 0 Å². The molecule has 23 heavy (non-hydrogen) atoms. The molecule has 3 nitrogen and oxygen atoms in total. The van der Waals surface area contributed by atoms with E-state index in [2.05, 4.69) is 6.92 Å². The summed E-state index contributed by atoms with van der Waals surface area (Å²) in [6, 6.07) is 0. The van der Waals surface area contributed by atoms with Crippen molar-refractivity contribution in [2.75, 3.05) is 0 Å². The lowest BCUT2D eigenvalue weighted by Crippen LogP contribution is -2.46. The Hall–Kier alpha value is -1.12. The standard InChI is InChI=1S/C20H28O3/c1-20(14-6-2-3-7-14,15-8-4-5-9-15)23-19(22)17-12-13-10-11-16(17)18(13)21/h10-11,13-17H,2-9,12H2,1H3. The van der Waals surface area contributed by atoms with Crippen molar-refractivity contribution in [3.05, 3.63) is 12.2 Å². The minimum absolute atomic E-state index is 0.0261. The van der Waals surface area contributed by atoms with Gasteiger partial charge >= 0.3 is 5.97 Å². The van der Waals surface area contributed by atoms with E-state index in [0.29, 0.717) is 18.3 Å². The maximum absolute atomic E-state index is 12.9. The van der Waals surface area contributed by atoms with Gasteiger partial charge in [-0.05, 0) is 50.9 Å². The smallest absolute Gasteiger partial charge is 0.310 e. The summed E-state index contributed by atoms with van der Waals surface area (Å²) < 4.78 is 6.27. The third kappa shape index (κ3) is 2.47. The van der Waals surface area contributed by atoms with Gasteiger partial charge < -0.3 is 4.74 Å². The van der Waals surface area contributed by atoms with Crippen LogP contribution in [0.5, 0.6) is 0 Å². The third-order valence-corrected chi connectivity index (χ3v) is 7.14. The van der Waals surface area contributed by atoms with E-state index in [4.69, 9.17) is 4.74 Å². The summed E-state index contributed by atoms with van der Waals surface area (Å²) in [4.78, 5) is 25.0. The molecule has 3 fully saturated rings. The molecule has 0 aliphatic heterocycles. The van der Waals surface area contributed by atoms with Crippen LogP contribution in [-0.4, -0.2) is 17.4 Å². The molecule has 0 saturated heterocycles. The van der Waals surface area contributed by atoms with Crippen LogP contribution >= 0.6 is 0 Å². The van der Waals surface area contributed by atoms with E-state index < -0.39 is 0 Å². The van der Waals surface area contributed by atoms with E-state index in [0.717, 1.165) is 0 Å². The lowest BCUT2D eigenvalue weighted by Gasteiger charge is -2.41. The maximum atomic E-state index is 12.9. The molecule has 3 heteroatoms. The molecule has 126 valence electrons. The normalized spacial score (nSPS) is 34.7. The Labute approximate surface area is 138 Å². The predicted octanol–water partition coefficient (Wildman–Crippen LogP) is 4.06. The van der Waals surface area contributed by atoms with E-state index >= 15 is 0 Å². The summed E-state index contributed by atoms with van der Waals surface area (Å²) in [5.41, 5.74) is -0.307. The van der Waals surface area contributed by atoms with Crippen LogP contribution in [-0.2, 0) is 14.3 Å². The van der Waals surface area contributed by atoms with Gasteiger partial charge in [-0.2, -0.15) is 0 Å². The zero-order chi connectivity index (χ0) is 16.0. The fourth-order valence-corrected chi connectivity index (χ4v) is 5.67. The van der Waals surface area contributed by atoms with Crippen molar-refractivity contribution >= 4 is 11.8 Å². The van der Waals surface area contributed by atoms with Gasteiger partial charge in [0.2, 0.25) is 0 Å². The largest absolute Gasteiger partial charge is 0.459 e. The van der Waals surface area contributed by atoms with Crippen LogP contribution in [0.15, 0.2) is 12.2 Å². The monoisotopic (exact) mass is 316 g/mol. The summed E-state index contributed by atoms with van der Waals surface area (Å²) in [7, 11) is 0. The molecule has 0 radical (unpaired) electrons. The lowest BCUT2D eigenvalue weighted by atomic mass is 9.76. The molecule has 0 N–H and O–H groups in total. The number of ketones is 1. The molecule has 0 aromatic carbocycles. The first-order valence-electron chi connectivity index (χ1n) is 9.54. The quantitative estimate of drug-likeness (QED) is 0.580. The van der Waals surface area contributed by atoms with E-state index in [1.165, 1.54) is 51.4 Å². The topological polar surface area (TPSA) is 43.4 Å². The van der Waals surface area contributed by atoms with Crippen molar-refractivity contribution in [3.8, 4) is 0 Å². The van der Waals surface area contributed by atoms with Gasteiger partial charge in [-0.15, -0.1) is 0 Å². The van der Waals surface area contributed by atoms with Gasteiger partial charge in [0, 0.05) is 11.8 Å². The van der Waals surface area contributed by atoms with Gasteiger partial charge in [0.05, 0.1) is 5.92 Å². The summed E-state index contributed by atoms with van der Waals surface area (Å²) in [6.07, 6.45) is 14.4. The zero-order valence-corrected chi connectivity index (χ0v) is 14.1. The molecular formula is C20H28O3. The van der Waals surface area contributed by atoms with Crippen molar-refractivity contribution in [2.24, 2.45) is 29.6 Å². The Morgan fingerprint density at radius 3 is 2.04 bits per heavy atom. The Morgan fingerprint density at radius 1 is 1.04 bits per heavy atom. The van der Waals surface area contributed by atoms with Crippen molar-refractivity contribution < 1.29 is 14.3 Å². The van der Waals surface area contributed by atoms with Crippen LogP contribution in [0.1, 0.15) is 64.7 Å². The molecule has 4 aliphatic carbocycles. The highest BCUT2D eigenvalue weighted by Crippen LogP contribution is 2.48. The highest BCUT2D eigenvalue weighted by atomic mass is 16.6. The number of ether oxygens (including phenoxy) is 1. The summed E-state index contributed by atoms with van der Waals surface area (Å²) in [5, 5.41) is 0. The molecule has 0 spiro atoms. The minimum atomic E-state index is -0.307. The fraction of sp³-hybridized carbons (Fsp3) is 0.800. The van der Waals surface area contributed by atoms with Gasteiger partial charge in [0.1, 0.15) is 11.4 Å². The first-order valence-corrected chi connectivity index (χ1v) is 9.54.